The van der Waals surface area contributed by atoms with Crippen molar-refractivity contribution < 1.29 is 9.47 Å². The van der Waals surface area contributed by atoms with E-state index in [0.717, 1.165) is 39.5 Å². The summed E-state index contributed by atoms with van der Waals surface area (Å²) in [4.78, 5) is 4.57. The summed E-state index contributed by atoms with van der Waals surface area (Å²) >= 11 is 0. The Hall–Kier alpha value is -2.75. The topological polar surface area (TPSA) is 43.4 Å². The number of hydrogen-bond donors (Lipinski definition) is 1. The number of ether oxygens (including phenoxy) is 2. The normalized spacial score (nSPS) is 10.5. The van der Waals surface area contributed by atoms with Crippen molar-refractivity contribution >= 4 is 22.3 Å². The monoisotopic (exact) mass is 294 g/mol. The second-order valence-electron chi connectivity index (χ2n) is 5.05. The maximum absolute atomic E-state index is 5.32. The van der Waals surface area contributed by atoms with Crippen LogP contribution in [-0.4, -0.2) is 19.2 Å². The Bertz CT molecular complexity index is 815. The molecule has 4 nitrogen and oxygen atoms in total. The second-order valence-corrected chi connectivity index (χ2v) is 5.05. The highest BCUT2D eigenvalue weighted by atomic mass is 16.5. The van der Waals surface area contributed by atoms with Gasteiger partial charge in [0.05, 0.1) is 19.7 Å². The van der Waals surface area contributed by atoms with Crippen LogP contribution in [0.5, 0.6) is 11.5 Å². The molecule has 0 amide bonds. The van der Waals surface area contributed by atoms with E-state index in [-0.39, 0.29) is 0 Å². The van der Waals surface area contributed by atoms with Gasteiger partial charge in [0.1, 0.15) is 11.5 Å². The van der Waals surface area contributed by atoms with Crippen molar-refractivity contribution in [1.29, 1.82) is 0 Å². The number of nitrogens with one attached hydrogen (secondary N) is 1. The minimum absolute atomic E-state index is 0.812. The van der Waals surface area contributed by atoms with Crippen LogP contribution in [0.15, 0.2) is 48.5 Å². The van der Waals surface area contributed by atoms with Crippen LogP contribution in [0.2, 0.25) is 0 Å². The summed E-state index contributed by atoms with van der Waals surface area (Å²) in [5, 5.41) is 4.46. The van der Waals surface area contributed by atoms with Gasteiger partial charge < -0.3 is 14.8 Å². The first-order valence-electron chi connectivity index (χ1n) is 7.06. The van der Waals surface area contributed by atoms with Crippen LogP contribution in [0, 0.1) is 6.92 Å². The molecule has 0 aliphatic carbocycles. The largest absolute Gasteiger partial charge is 0.497 e. The molecular formula is C18H18N2O2. The maximum Gasteiger partial charge on any atom is 0.120 e. The first-order valence-corrected chi connectivity index (χ1v) is 7.06. The number of aryl methyl sites for hydroxylation is 1. The van der Waals surface area contributed by atoms with E-state index in [4.69, 9.17) is 9.47 Å². The van der Waals surface area contributed by atoms with E-state index in [2.05, 4.69) is 10.3 Å². The fourth-order valence-corrected chi connectivity index (χ4v) is 2.42. The lowest BCUT2D eigenvalue weighted by Crippen LogP contribution is -1.96. The van der Waals surface area contributed by atoms with Crippen molar-refractivity contribution in [2.45, 2.75) is 6.92 Å². The van der Waals surface area contributed by atoms with Gasteiger partial charge in [0, 0.05) is 28.5 Å². The third-order valence-corrected chi connectivity index (χ3v) is 3.49. The summed E-state index contributed by atoms with van der Waals surface area (Å²) in [7, 11) is 3.33. The van der Waals surface area contributed by atoms with Gasteiger partial charge in [-0.05, 0) is 43.3 Å². The van der Waals surface area contributed by atoms with E-state index in [9.17, 15) is 0 Å². The van der Waals surface area contributed by atoms with E-state index in [0.29, 0.717) is 0 Å². The van der Waals surface area contributed by atoms with Crippen LogP contribution in [0.3, 0.4) is 0 Å². The first-order chi connectivity index (χ1) is 10.7. The molecule has 0 radical (unpaired) electrons. The smallest absolute Gasteiger partial charge is 0.120 e. The molecule has 0 atom stereocenters. The number of hydrogen-bond acceptors (Lipinski definition) is 4. The van der Waals surface area contributed by atoms with E-state index in [1.165, 1.54) is 0 Å². The third-order valence-electron chi connectivity index (χ3n) is 3.49. The van der Waals surface area contributed by atoms with Crippen molar-refractivity contribution in [2.24, 2.45) is 0 Å². The van der Waals surface area contributed by atoms with Crippen LogP contribution in [0.1, 0.15) is 5.69 Å². The second kappa shape index (κ2) is 5.93. The zero-order valence-corrected chi connectivity index (χ0v) is 12.9. The van der Waals surface area contributed by atoms with Crippen LogP contribution in [0.4, 0.5) is 11.4 Å². The molecule has 0 spiro atoms. The number of pyridine rings is 1. The van der Waals surface area contributed by atoms with Gasteiger partial charge >= 0.3 is 0 Å². The third kappa shape index (κ3) is 2.81. The first kappa shape index (κ1) is 14.2. The predicted molar refractivity (Wildman–Crippen MR) is 89.3 cm³/mol. The van der Waals surface area contributed by atoms with E-state index in [1.54, 1.807) is 14.2 Å². The molecule has 3 rings (SSSR count). The Balaban J connectivity index is 2.08. The highest BCUT2D eigenvalue weighted by Crippen LogP contribution is 2.30. The highest BCUT2D eigenvalue weighted by Gasteiger charge is 2.07. The average molecular weight is 294 g/mol. The van der Waals surface area contributed by atoms with Gasteiger partial charge in [0.25, 0.3) is 0 Å². The minimum Gasteiger partial charge on any atom is -0.497 e. The lowest BCUT2D eigenvalue weighted by Gasteiger charge is -2.12. The Morgan fingerprint density at radius 3 is 2.45 bits per heavy atom. The molecule has 2 aromatic carbocycles. The van der Waals surface area contributed by atoms with Crippen molar-refractivity contribution in [3.63, 3.8) is 0 Å². The predicted octanol–water partition coefficient (Wildman–Crippen LogP) is 4.30. The van der Waals surface area contributed by atoms with Gasteiger partial charge in [-0.25, -0.2) is 0 Å². The Kier molecular flexibility index (Phi) is 3.83. The molecule has 0 aliphatic rings. The molecule has 0 aliphatic heterocycles. The molecule has 1 N–H and O–H groups in total. The standard InChI is InChI=1S/C18H18N2O2/c1-12-9-18(20-13-5-4-6-14(10-13)21-2)16-11-15(22-3)7-8-17(16)19-12/h4-11H,1-3H3,(H,19,20). The van der Waals surface area contributed by atoms with Gasteiger partial charge in [0.15, 0.2) is 0 Å². The molecule has 3 aromatic rings. The summed E-state index contributed by atoms with van der Waals surface area (Å²) in [5.41, 5.74) is 3.86. The average Bonchev–Trinajstić information content (AvgIpc) is 2.54. The Morgan fingerprint density at radius 1 is 0.909 bits per heavy atom. The Morgan fingerprint density at radius 2 is 1.68 bits per heavy atom. The Labute approximate surface area is 129 Å². The minimum atomic E-state index is 0.812. The van der Waals surface area contributed by atoms with Crippen molar-refractivity contribution in [1.82, 2.24) is 4.98 Å². The number of methoxy groups -OCH3 is 2. The molecule has 0 fully saturated rings. The van der Waals surface area contributed by atoms with E-state index >= 15 is 0 Å². The van der Waals surface area contributed by atoms with Crippen LogP contribution in [0.25, 0.3) is 10.9 Å². The molecule has 1 aromatic heterocycles. The fraction of sp³-hybridized carbons (Fsp3) is 0.167. The van der Waals surface area contributed by atoms with Crippen molar-refractivity contribution in [3.8, 4) is 11.5 Å². The number of rotatable bonds is 4. The van der Waals surface area contributed by atoms with Gasteiger partial charge in [-0.3, -0.25) is 4.98 Å². The summed E-state index contributed by atoms with van der Waals surface area (Å²) in [5.74, 6) is 1.63. The lowest BCUT2D eigenvalue weighted by atomic mass is 10.1. The number of nitrogens with zero attached hydrogens (tertiary/aromatic N) is 1. The van der Waals surface area contributed by atoms with Gasteiger partial charge in [0.2, 0.25) is 0 Å². The summed E-state index contributed by atoms with van der Waals surface area (Å²) in [6.07, 6.45) is 0. The molecule has 112 valence electrons. The quantitative estimate of drug-likeness (QED) is 0.779. The van der Waals surface area contributed by atoms with E-state index in [1.807, 2.05) is 55.5 Å². The molecular weight excluding hydrogens is 276 g/mol. The summed E-state index contributed by atoms with van der Waals surface area (Å²) in [6, 6.07) is 15.8. The molecule has 4 heteroatoms. The van der Waals surface area contributed by atoms with Crippen molar-refractivity contribution in [2.75, 3.05) is 19.5 Å². The van der Waals surface area contributed by atoms with Crippen LogP contribution >= 0.6 is 0 Å². The fourth-order valence-electron chi connectivity index (χ4n) is 2.42. The van der Waals surface area contributed by atoms with E-state index < -0.39 is 0 Å². The molecule has 1 heterocycles. The van der Waals surface area contributed by atoms with Gasteiger partial charge in [-0.15, -0.1) is 0 Å². The molecule has 22 heavy (non-hydrogen) atoms. The van der Waals surface area contributed by atoms with Gasteiger partial charge in [-0.2, -0.15) is 0 Å². The zero-order valence-electron chi connectivity index (χ0n) is 12.9. The number of aromatic nitrogens is 1. The number of fused-ring (bicyclic) bond motifs is 1. The molecule has 0 saturated heterocycles. The number of benzene rings is 2. The van der Waals surface area contributed by atoms with Crippen LogP contribution < -0.4 is 14.8 Å². The lowest BCUT2D eigenvalue weighted by molar-refractivity contribution is 0.415. The zero-order chi connectivity index (χ0) is 15.5. The maximum atomic E-state index is 5.32. The molecule has 0 unspecified atom stereocenters. The summed E-state index contributed by atoms with van der Waals surface area (Å²) < 4.78 is 10.6. The van der Waals surface area contributed by atoms with Gasteiger partial charge in [-0.1, -0.05) is 6.07 Å². The SMILES string of the molecule is COc1cccc(Nc2cc(C)nc3ccc(OC)cc23)c1. The van der Waals surface area contributed by atoms with Crippen molar-refractivity contribution in [3.05, 3.63) is 54.2 Å². The summed E-state index contributed by atoms with van der Waals surface area (Å²) in [6.45, 7) is 1.99. The van der Waals surface area contributed by atoms with Crippen LogP contribution in [-0.2, 0) is 0 Å². The highest BCUT2D eigenvalue weighted by molar-refractivity contribution is 5.94. The number of anilines is 2. The molecule has 0 bridgehead atoms. The molecule has 0 saturated carbocycles.